The number of pyridine rings is 1. The predicted octanol–water partition coefficient (Wildman–Crippen LogP) is 3.93. The molecule has 7 nitrogen and oxygen atoms in total. The average molecular weight is 379 g/mol. The van der Waals surface area contributed by atoms with Gasteiger partial charge in [0.25, 0.3) is 0 Å². The number of nitrogens with one attached hydrogen (secondary N) is 1. The Morgan fingerprint density at radius 3 is 2.31 bits per heavy atom. The van der Waals surface area contributed by atoms with Crippen molar-refractivity contribution in [1.29, 1.82) is 15.8 Å². The lowest BCUT2D eigenvalue weighted by Gasteiger charge is -2.10. The molecule has 0 saturated carbocycles. The Bertz CT molecular complexity index is 1240. The molecule has 1 heterocycles. The third-order valence-electron chi connectivity index (χ3n) is 4.16. The highest BCUT2D eigenvalue weighted by Crippen LogP contribution is 2.26. The Morgan fingerprint density at radius 1 is 1.00 bits per heavy atom. The Kier molecular flexibility index (Phi) is 5.50. The van der Waals surface area contributed by atoms with Crippen molar-refractivity contribution in [2.45, 2.75) is 0 Å². The van der Waals surface area contributed by atoms with E-state index in [1.165, 1.54) is 7.11 Å². The molecule has 7 heteroatoms. The van der Waals surface area contributed by atoms with Crippen molar-refractivity contribution < 1.29 is 9.53 Å². The average Bonchev–Trinajstić information content (AvgIpc) is 2.78. The van der Waals surface area contributed by atoms with Crippen LogP contribution < -0.4 is 5.32 Å². The van der Waals surface area contributed by atoms with Gasteiger partial charge in [0.15, 0.2) is 5.57 Å². The van der Waals surface area contributed by atoms with E-state index >= 15 is 0 Å². The highest BCUT2D eigenvalue weighted by molar-refractivity contribution is 6.04. The summed E-state index contributed by atoms with van der Waals surface area (Å²) in [7, 11) is 1.33. The van der Waals surface area contributed by atoms with Crippen LogP contribution in [0.1, 0.15) is 10.4 Å². The van der Waals surface area contributed by atoms with Gasteiger partial charge in [0.05, 0.1) is 23.9 Å². The molecule has 1 aromatic heterocycles. The first kappa shape index (κ1) is 19.1. The molecule has 2 aromatic carbocycles. The van der Waals surface area contributed by atoms with E-state index in [9.17, 15) is 4.79 Å². The van der Waals surface area contributed by atoms with Gasteiger partial charge in [-0.2, -0.15) is 15.8 Å². The van der Waals surface area contributed by atoms with E-state index in [4.69, 9.17) is 20.5 Å². The minimum atomic E-state index is -0.451. The maximum atomic E-state index is 12.2. The number of nitrogens with zero attached hydrogens (tertiary/aromatic N) is 4. The van der Waals surface area contributed by atoms with Crippen molar-refractivity contribution >= 4 is 22.6 Å². The smallest absolute Gasteiger partial charge is 0.338 e. The fourth-order valence-corrected chi connectivity index (χ4v) is 2.75. The van der Waals surface area contributed by atoms with Crippen molar-refractivity contribution in [3.63, 3.8) is 0 Å². The number of allylic oxidation sites excluding steroid dienone is 2. The molecule has 138 valence electrons. The summed E-state index contributed by atoms with van der Waals surface area (Å²) in [6.45, 7) is 0. The monoisotopic (exact) mass is 379 g/mol. The molecule has 0 bridgehead atoms. The molecule has 1 N–H and O–H groups in total. The van der Waals surface area contributed by atoms with Gasteiger partial charge in [0.2, 0.25) is 0 Å². The summed E-state index contributed by atoms with van der Waals surface area (Å²) in [5.41, 5.74) is 2.51. The molecule has 29 heavy (non-hydrogen) atoms. The highest BCUT2D eigenvalue weighted by atomic mass is 16.5. The summed E-state index contributed by atoms with van der Waals surface area (Å²) in [5, 5.41) is 30.4. The van der Waals surface area contributed by atoms with E-state index in [2.05, 4.69) is 10.3 Å². The molecule has 0 fully saturated rings. The van der Waals surface area contributed by atoms with Crippen molar-refractivity contribution in [1.82, 2.24) is 4.98 Å². The van der Waals surface area contributed by atoms with Crippen LogP contribution in [0.2, 0.25) is 0 Å². The highest BCUT2D eigenvalue weighted by Gasteiger charge is 2.14. The number of aromatic nitrogens is 1. The quantitative estimate of drug-likeness (QED) is 0.538. The van der Waals surface area contributed by atoms with E-state index in [-0.39, 0.29) is 11.3 Å². The van der Waals surface area contributed by atoms with E-state index in [1.54, 1.807) is 48.5 Å². The van der Waals surface area contributed by atoms with Crippen LogP contribution in [0.5, 0.6) is 0 Å². The molecule has 3 rings (SSSR count). The number of hydrogen-bond donors (Lipinski definition) is 1. The number of rotatable bonds is 4. The Morgan fingerprint density at radius 2 is 1.69 bits per heavy atom. The van der Waals surface area contributed by atoms with Gasteiger partial charge in [-0.15, -0.1) is 0 Å². The molecule has 3 aromatic rings. The maximum Gasteiger partial charge on any atom is 0.338 e. The first-order valence-corrected chi connectivity index (χ1v) is 8.41. The lowest BCUT2D eigenvalue weighted by atomic mass is 10.0. The molecule has 0 spiro atoms. The summed E-state index contributed by atoms with van der Waals surface area (Å²) in [6.07, 6.45) is 0. The normalized spacial score (nSPS) is 9.59. The lowest BCUT2D eigenvalue weighted by molar-refractivity contribution is 0.0603. The van der Waals surface area contributed by atoms with Gasteiger partial charge in [-0.3, -0.25) is 0 Å². The topological polar surface area (TPSA) is 123 Å². The van der Waals surface area contributed by atoms with E-state index in [0.29, 0.717) is 27.8 Å². The van der Waals surface area contributed by atoms with Crippen molar-refractivity contribution in [2.75, 3.05) is 12.4 Å². The number of carbonyl (C=O) groups excluding carboxylic acids is 1. The number of para-hydroxylation sites is 1. The molecule has 0 amide bonds. The first-order valence-electron chi connectivity index (χ1n) is 8.41. The van der Waals surface area contributed by atoms with Crippen molar-refractivity contribution in [2.24, 2.45) is 0 Å². The summed E-state index contributed by atoms with van der Waals surface area (Å²) < 4.78 is 4.89. The minimum Gasteiger partial charge on any atom is -0.465 e. The van der Waals surface area contributed by atoms with Gasteiger partial charge in [0.1, 0.15) is 23.9 Å². The standard InChI is InChI=1S/C22H13N5O2/c1-29-22(28)18-10-20(27-19-5-3-2-4-17(18)19)14-6-8-16(9-7-14)26-21(13-25)15(11-23)12-24/h2-10,26H,1H3. The zero-order valence-corrected chi connectivity index (χ0v) is 15.3. The molecule has 0 saturated heterocycles. The predicted molar refractivity (Wildman–Crippen MR) is 106 cm³/mol. The van der Waals surface area contributed by atoms with Crippen LogP contribution in [0, 0.1) is 34.0 Å². The number of nitriles is 3. The number of carbonyl (C=O) groups is 1. The Hall–Kier alpha value is -4.67. The van der Waals surface area contributed by atoms with Crippen LogP contribution in [0.4, 0.5) is 5.69 Å². The fraction of sp³-hybridized carbons (Fsp3) is 0.0455. The number of ether oxygens (including phenoxy) is 1. The Balaban J connectivity index is 2.01. The summed E-state index contributed by atoms with van der Waals surface area (Å²) in [4.78, 5) is 16.8. The van der Waals surface area contributed by atoms with Gasteiger partial charge < -0.3 is 10.1 Å². The largest absolute Gasteiger partial charge is 0.465 e. The minimum absolute atomic E-state index is 0.125. The van der Waals surface area contributed by atoms with Crippen LogP contribution in [0.15, 0.2) is 65.9 Å². The summed E-state index contributed by atoms with van der Waals surface area (Å²) in [6, 6.07) is 21.0. The Labute approximate surface area is 166 Å². The van der Waals surface area contributed by atoms with Crippen LogP contribution in [-0.4, -0.2) is 18.1 Å². The van der Waals surface area contributed by atoms with Gasteiger partial charge in [-0.25, -0.2) is 9.78 Å². The summed E-state index contributed by atoms with van der Waals surface area (Å²) >= 11 is 0. The van der Waals surface area contributed by atoms with Crippen LogP contribution in [0.3, 0.4) is 0 Å². The zero-order chi connectivity index (χ0) is 20.8. The van der Waals surface area contributed by atoms with Crippen LogP contribution >= 0.6 is 0 Å². The molecule has 0 unspecified atom stereocenters. The van der Waals surface area contributed by atoms with Crippen molar-refractivity contribution in [3.8, 4) is 29.5 Å². The first-order chi connectivity index (χ1) is 14.1. The molecular weight excluding hydrogens is 366 g/mol. The third-order valence-corrected chi connectivity index (χ3v) is 4.16. The maximum absolute atomic E-state index is 12.2. The number of anilines is 1. The zero-order valence-electron chi connectivity index (χ0n) is 15.3. The number of esters is 1. The molecule has 0 atom stereocenters. The van der Waals surface area contributed by atoms with Crippen LogP contribution in [0.25, 0.3) is 22.2 Å². The number of hydrogen-bond acceptors (Lipinski definition) is 7. The molecule has 0 aliphatic carbocycles. The third kappa shape index (κ3) is 3.88. The van der Waals surface area contributed by atoms with E-state index in [0.717, 1.165) is 5.56 Å². The van der Waals surface area contributed by atoms with E-state index in [1.807, 2.05) is 24.3 Å². The molecule has 0 radical (unpaired) electrons. The molecule has 0 aliphatic rings. The van der Waals surface area contributed by atoms with Crippen LogP contribution in [-0.2, 0) is 4.74 Å². The number of fused-ring (bicyclic) bond motifs is 1. The second kappa shape index (κ2) is 8.35. The second-order valence-corrected chi connectivity index (χ2v) is 5.85. The lowest BCUT2D eigenvalue weighted by Crippen LogP contribution is -2.04. The summed E-state index contributed by atoms with van der Waals surface area (Å²) in [5.74, 6) is -0.451. The van der Waals surface area contributed by atoms with Gasteiger partial charge in [-0.05, 0) is 24.3 Å². The SMILES string of the molecule is COC(=O)c1cc(-c2ccc(NC(C#N)=C(C#N)C#N)cc2)nc2ccccc12. The molecular formula is C22H13N5O2. The number of benzene rings is 2. The fourth-order valence-electron chi connectivity index (χ4n) is 2.75. The number of methoxy groups -OCH3 is 1. The molecule has 0 aliphatic heterocycles. The second-order valence-electron chi connectivity index (χ2n) is 5.85. The van der Waals surface area contributed by atoms with Gasteiger partial charge in [-0.1, -0.05) is 30.3 Å². The van der Waals surface area contributed by atoms with Gasteiger partial charge in [0, 0.05) is 16.6 Å². The van der Waals surface area contributed by atoms with E-state index < -0.39 is 5.97 Å². The van der Waals surface area contributed by atoms with Crippen molar-refractivity contribution in [3.05, 3.63) is 71.4 Å². The van der Waals surface area contributed by atoms with Gasteiger partial charge >= 0.3 is 5.97 Å².